The van der Waals surface area contributed by atoms with Crippen LogP contribution in [-0.4, -0.2) is 18.3 Å². The fourth-order valence-electron chi connectivity index (χ4n) is 4.18. The molecule has 3 N–H and O–H groups in total. The highest BCUT2D eigenvalue weighted by Gasteiger charge is 2.24. The lowest BCUT2D eigenvalue weighted by Crippen LogP contribution is -2.36. The molecular weight excluding hydrogens is 394 g/mol. The van der Waals surface area contributed by atoms with Crippen molar-refractivity contribution in [2.75, 3.05) is 0 Å². The fraction of sp³-hybridized carbons (Fsp3) is 1.00. The zero-order valence-corrected chi connectivity index (χ0v) is 21.1. The lowest BCUT2D eigenvalue weighted by molar-refractivity contribution is 0.411. The SMILES string of the molecule is CCCCCCCCCCCCCCCCCCCCCCC(C)C(N)S(=O)(=O)O. The van der Waals surface area contributed by atoms with E-state index in [9.17, 15) is 8.42 Å². The minimum absolute atomic E-state index is 0.185. The Labute approximate surface area is 188 Å². The van der Waals surface area contributed by atoms with E-state index < -0.39 is 15.5 Å². The van der Waals surface area contributed by atoms with Crippen molar-refractivity contribution < 1.29 is 13.0 Å². The van der Waals surface area contributed by atoms with E-state index in [1.54, 1.807) is 6.92 Å². The molecule has 2 atom stereocenters. The maximum Gasteiger partial charge on any atom is 0.281 e. The van der Waals surface area contributed by atoms with Crippen molar-refractivity contribution in [3.63, 3.8) is 0 Å². The molecule has 0 rings (SSSR count). The summed E-state index contributed by atoms with van der Waals surface area (Å²) in [5.74, 6) is -0.185. The predicted octanol–water partition coefficient (Wildman–Crippen LogP) is 8.01. The Morgan fingerprint density at radius 2 is 0.867 bits per heavy atom. The van der Waals surface area contributed by atoms with Crippen LogP contribution in [0.1, 0.15) is 149 Å². The standard InChI is InChI=1S/C25H53NO3S/c1-3-4-5-6-7-8-9-10-11-12-13-14-15-16-17-18-19-20-21-22-23-24(2)25(26)30(27,28)29/h24-25H,3-23,26H2,1-2H3,(H,27,28,29). The van der Waals surface area contributed by atoms with Gasteiger partial charge in [-0.3, -0.25) is 4.55 Å². The van der Waals surface area contributed by atoms with Crippen LogP contribution in [-0.2, 0) is 10.1 Å². The van der Waals surface area contributed by atoms with Crippen molar-refractivity contribution in [3.8, 4) is 0 Å². The molecule has 2 unspecified atom stereocenters. The van der Waals surface area contributed by atoms with Crippen LogP contribution in [0.15, 0.2) is 0 Å². The summed E-state index contributed by atoms with van der Waals surface area (Å²) in [6.45, 7) is 4.08. The number of rotatable bonds is 23. The Hall–Kier alpha value is -0.130. The average Bonchev–Trinajstić information content (AvgIpc) is 2.70. The minimum Gasteiger partial charge on any atom is -0.313 e. The first-order chi connectivity index (χ1) is 14.4. The van der Waals surface area contributed by atoms with Gasteiger partial charge in [0, 0.05) is 0 Å². The van der Waals surface area contributed by atoms with Gasteiger partial charge in [0.05, 0.1) is 0 Å². The Bertz CT molecular complexity index is 453. The van der Waals surface area contributed by atoms with E-state index in [1.165, 1.54) is 116 Å². The van der Waals surface area contributed by atoms with Crippen molar-refractivity contribution in [1.29, 1.82) is 0 Å². The molecule has 0 aliphatic rings. The maximum atomic E-state index is 11.0. The monoisotopic (exact) mass is 447 g/mol. The van der Waals surface area contributed by atoms with Crippen molar-refractivity contribution in [3.05, 3.63) is 0 Å². The van der Waals surface area contributed by atoms with Crippen LogP contribution in [0.3, 0.4) is 0 Å². The second-order valence-corrected chi connectivity index (χ2v) is 11.0. The third-order valence-electron chi connectivity index (χ3n) is 6.42. The normalized spacial score (nSPS) is 14.1. The summed E-state index contributed by atoms with van der Waals surface area (Å²) in [5, 5.41) is -1.14. The van der Waals surface area contributed by atoms with E-state index in [4.69, 9.17) is 10.3 Å². The van der Waals surface area contributed by atoms with Gasteiger partial charge < -0.3 is 5.73 Å². The molecule has 30 heavy (non-hydrogen) atoms. The molecular formula is C25H53NO3S. The summed E-state index contributed by atoms with van der Waals surface area (Å²) in [6.07, 6.45) is 27.9. The van der Waals surface area contributed by atoms with Gasteiger partial charge in [-0.1, -0.05) is 142 Å². The highest BCUT2D eigenvalue weighted by molar-refractivity contribution is 7.86. The molecule has 0 spiro atoms. The number of hydrogen-bond acceptors (Lipinski definition) is 3. The summed E-state index contributed by atoms with van der Waals surface area (Å²) in [4.78, 5) is 0. The zero-order valence-electron chi connectivity index (χ0n) is 20.3. The second kappa shape index (κ2) is 20.8. The Balaban J connectivity index is 3.20. The molecule has 0 fully saturated rings. The molecule has 0 aromatic heterocycles. The van der Waals surface area contributed by atoms with E-state index in [2.05, 4.69) is 6.92 Å². The van der Waals surface area contributed by atoms with Crippen molar-refractivity contribution in [1.82, 2.24) is 0 Å². The van der Waals surface area contributed by atoms with Gasteiger partial charge in [-0.25, -0.2) is 0 Å². The first-order valence-corrected chi connectivity index (χ1v) is 14.6. The number of nitrogens with two attached hydrogens (primary N) is 1. The Morgan fingerprint density at radius 1 is 0.600 bits per heavy atom. The van der Waals surface area contributed by atoms with Crippen molar-refractivity contribution >= 4 is 10.1 Å². The highest BCUT2D eigenvalue weighted by Crippen LogP contribution is 2.18. The van der Waals surface area contributed by atoms with Crippen LogP contribution >= 0.6 is 0 Å². The van der Waals surface area contributed by atoms with Crippen LogP contribution in [0.2, 0.25) is 0 Å². The molecule has 5 heteroatoms. The van der Waals surface area contributed by atoms with Gasteiger partial charge in [-0.2, -0.15) is 8.42 Å². The molecule has 182 valence electrons. The summed E-state index contributed by atoms with van der Waals surface area (Å²) >= 11 is 0. The van der Waals surface area contributed by atoms with E-state index in [-0.39, 0.29) is 5.92 Å². The quantitative estimate of drug-likeness (QED) is 0.123. The van der Waals surface area contributed by atoms with Crippen LogP contribution in [0.25, 0.3) is 0 Å². The molecule has 0 radical (unpaired) electrons. The summed E-state index contributed by atoms with van der Waals surface area (Å²) in [7, 11) is -4.10. The topological polar surface area (TPSA) is 80.4 Å². The highest BCUT2D eigenvalue weighted by atomic mass is 32.2. The Morgan fingerprint density at radius 3 is 1.13 bits per heavy atom. The molecule has 0 aliphatic carbocycles. The van der Waals surface area contributed by atoms with Gasteiger partial charge in [-0.05, 0) is 12.3 Å². The van der Waals surface area contributed by atoms with Gasteiger partial charge in [-0.15, -0.1) is 0 Å². The second-order valence-electron chi connectivity index (χ2n) is 9.46. The summed E-state index contributed by atoms with van der Waals surface area (Å²) < 4.78 is 31.0. The minimum atomic E-state index is -4.10. The van der Waals surface area contributed by atoms with Crippen LogP contribution in [0, 0.1) is 5.92 Å². The van der Waals surface area contributed by atoms with Crippen molar-refractivity contribution in [2.24, 2.45) is 11.7 Å². The van der Waals surface area contributed by atoms with Crippen LogP contribution < -0.4 is 5.73 Å². The number of unbranched alkanes of at least 4 members (excludes halogenated alkanes) is 19. The van der Waals surface area contributed by atoms with E-state index in [0.29, 0.717) is 0 Å². The first kappa shape index (κ1) is 29.9. The molecule has 0 saturated heterocycles. The molecule has 0 heterocycles. The smallest absolute Gasteiger partial charge is 0.281 e. The molecule has 0 aromatic rings. The number of hydrogen-bond donors (Lipinski definition) is 2. The van der Waals surface area contributed by atoms with Gasteiger partial charge in [0.25, 0.3) is 10.1 Å². The van der Waals surface area contributed by atoms with E-state index >= 15 is 0 Å². The molecule has 0 amide bonds. The van der Waals surface area contributed by atoms with Crippen LogP contribution in [0.4, 0.5) is 0 Å². The van der Waals surface area contributed by atoms with E-state index in [1.807, 2.05) is 0 Å². The van der Waals surface area contributed by atoms with Crippen molar-refractivity contribution in [2.45, 2.75) is 154 Å². The van der Waals surface area contributed by atoms with Crippen LogP contribution in [0.5, 0.6) is 0 Å². The fourth-order valence-corrected chi connectivity index (χ4v) is 4.90. The average molecular weight is 448 g/mol. The third kappa shape index (κ3) is 19.8. The molecule has 0 saturated carbocycles. The largest absolute Gasteiger partial charge is 0.313 e. The van der Waals surface area contributed by atoms with Gasteiger partial charge in [0.15, 0.2) is 0 Å². The summed E-state index contributed by atoms with van der Waals surface area (Å²) in [6, 6.07) is 0. The molecule has 0 aliphatic heterocycles. The molecule has 0 bridgehead atoms. The predicted molar refractivity (Wildman–Crippen MR) is 131 cm³/mol. The third-order valence-corrected chi connectivity index (χ3v) is 7.57. The zero-order chi connectivity index (χ0) is 22.5. The molecule has 4 nitrogen and oxygen atoms in total. The van der Waals surface area contributed by atoms with Gasteiger partial charge >= 0.3 is 0 Å². The lowest BCUT2D eigenvalue weighted by atomic mass is 10.0. The summed E-state index contributed by atoms with van der Waals surface area (Å²) in [5.41, 5.74) is 5.54. The van der Waals surface area contributed by atoms with Gasteiger partial charge in [0.1, 0.15) is 5.37 Å². The Kier molecular flexibility index (Phi) is 20.7. The first-order valence-electron chi connectivity index (χ1n) is 13.1. The maximum absolute atomic E-state index is 11.0. The lowest BCUT2D eigenvalue weighted by Gasteiger charge is -2.16. The van der Waals surface area contributed by atoms with E-state index in [0.717, 1.165) is 19.3 Å². The molecule has 0 aromatic carbocycles. The van der Waals surface area contributed by atoms with Gasteiger partial charge in [0.2, 0.25) is 0 Å².